The fraction of sp³-hybridized carbons (Fsp3) is 0.476. The number of amides is 1. The summed E-state index contributed by atoms with van der Waals surface area (Å²) in [5, 5.41) is 2.70. The van der Waals surface area contributed by atoms with Crippen molar-refractivity contribution in [3.05, 3.63) is 48.0 Å². The molecule has 4 heteroatoms. The van der Waals surface area contributed by atoms with Crippen LogP contribution in [0.15, 0.2) is 42.5 Å². The van der Waals surface area contributed by atoms with Crippen molar-refractivity contribution in [2.75, 3.05) is 53.4 Å². The van der Waals surface area contributed by atoms with Crippen LogP contribution < -0.4 is 0 Å². The number of benzene rings is 2. The van der Waals surface area contributed by atoms with Gasteiger partial charge in [0.1, 0.15) is 0 Å². The average molecular weight is 339 g/mol. The highest BCUT2D eigenvalue weighted by Gasteiger charge is 2.17. The second kappa shape index (κ2) is 8.45. The summed E-state index contributed by atoms with van der Waals surface area (Å²) in [5.41, 5.74) is 1.43. The van der Waals surface area contributed by atoms with Crippen molar-refractivity contribution in [2.24, 2.45) is 0 Å². The third kappa shape index (κ3) is 4.80. The van der Waals surface area contributed by atoms with Gasteiger partial charge < -0.3 is 9.80 Å². The lowest BCUT2D eigenvalue weighted by atomic mass is 10.0. The lowest BCUT2D eigenvalue weighted by Crippen LogP contribution is -2.38. The SMILES string of the molecule is CN(C)C(=O)CN1CCCN(CCc2cccc3ccccc23)CC1. The number of likely N-dealkylation sites (N-methyl/N-ethyl adjacent to an activating group) is 1. The van der Waals surface area contributed by atoms with E-state index < -0.39 is 0 Å². The fourth-order valence-electron chi connectivity index (χ4n) is 3.53. The van der Waals surface area contributed by atoms with Crippen molar-refractivity contribution in [3.8, 4) is 0 Å². The minimum Gasteiger partial charge on any atom is -0.348 e. The predicted molar refractivity (Wildman–Crippen MR) is 104 cm³/mol. The number of carbonyl (C=O) groups excluding carboxylic acids is 1. The Kier molecular flexibility index (Phi) is 6.05. The zero-order chi connectivity index (χ0) is 17.6. The van der Waals surface area contributed by atoms with Gasteiger partial charge in [-0.3, -0.25) is 9.69 Å². The van der Waals surface area contributed by atoms with E-state index >= 15 is 0 Å². The molecular formula is C21H29N3O. The fourth-order valence-corrected chi connectivity index (χ4v) is 3.53. The monoisotopic (exact) mass is 339 g/mol. The van der Waals surface area contributed by atoms with Crippen LogP contribution in [0.4, 0.5) is 0 Å². The molecule has 25 heavy (non-hydrogen) atoms. The molecule has 134 valence electrons. The third-order valence-electron chi connectivity index (χ3n) is 5.12. The van der Waals surface area contributed by atoms with Gasteiger partial charge in [0, 0.05) is 33.7 Å². The minimum atomic E-state index is 0.198. The Hall–Kier alpha value is -1.91. The summed E-state index contributed by atoms with van der Waals surface area (Å²) in [4.78, 5) is 18.4. The van der Waals surface area contributed by atoms with E-state index in [2.05, 4.69) is 52.3 Å². The summed E-state index contributed by atoms with van der Waals surface area (Å²) < 4.78 is 0. The number of nitrogens with zero attached hydrogens (tertiary/aromatic N) is 3. The first-order valence-corrected chi connectivity index (χ1v) is 9.25. The summed E-state index contributed by atoms with van der Waals surface area (Å²) >= 11 is 0. The molecule has 4 nitrogen and oxygen atoms in total. The number of fused-ring (bicyclic) bond motifs is 1. The standard InChI is InChI=1S/C21H29N3O/c1-22(2)21(25)17-24-13-6-12-23(15-16-24)14-11-19-9-5-8-18-7-3-4-10-20(18)19/h3-5,7-10H,6,11-17H2,1-2H3. The molecule has 0 aliphatic carbocycles. The first-order valence-electron chi connectivity index (χ1n) is 9.25. The Morgan fingerprint density at radius 2 is 1.68 bits per heavy atom. The van der Waals surface area contributed by atoms with E-state index in [1.54, 1.807) is 4.90 Å². The molecule has 3 rings (SSSR count). The van der Waals surface area contributed by atoms with Crippen molar-refractivity contribution in [2.45, 2.75) is 12.8 Å². The van der Waals surface area contributed by atoms with E-state index in [0.717, 1.165) is 45.6 Å². The van der Waals surface area contributed by atoms with Crippen molar-refractivity contribution in [1.29, 1.82) is 0 Å². The van der Waals surface area contributed by atoms with Crippen molar-refractivity contribution in [3.63, 3.8) is 0 Å². The molecule has 1 fully saturated rings. The quantitative estimate of drug-likeness (QED) is 0.837. The van der Waals surface area contributed by atoms with Gasteiger partial charge >= 0.3 is 0 Å². The van der Waals surface area contributed by atoms with Crippen molar-refractivity contribution < 1.29 is 4.79 Å². The average Bonchev–Trinajstić information content (AvgIpc) is 2.85. The largest absolute Gasteiger partial charge is 0.348 e. The predicted octanol–water partition coefficient (Wildman–Crippen LogP) is 2.48. The highest BCUT2D eigenvalue weighted by atomic mass is 16.2. The Labute approximate surface area is 151 Å². The molecule has 1 amide bonds. The zero-order valence-corrected chi connectivity index (χ0v) is 15.4. The van der Waals surface area contributed by atoms with Crippen molar-refractivity contribution in [1.82, 2.24) is 14.7 Å². The van der Waals surface area contributed by atoms with Gasteiger partial charge in [-0.25, -0.2) is 0 Å². The molecule has 1 aliphatic rings. The van der Waals surface area contributed by atoms with Gasteiger partial charge in [0.05, 0.1) is 6.54 Å². The lowest BCUT2D eigenvalue weighted by Gasteiger charge is -2.22. The first kappa shape index (κ1) is 17.9. The molecule has 0 unspecified atom stereocenters. The molecule has 0 N–H and O–H groups in total. The molecule has 2 aromatic carbocycles. The van der Waals surface area contributed by atoms with Gasteiger partial charge in [-0.05, 0) is 42.3 Å². The highest BCUT2D eigenvalue weighted by molar-refractivity contribution is 5.85. The number of hydrogen-bond donors (Lipinski definition) is 0. The smallest absolute Gasteiger partial charge is 0.236 e. The summed E-state index contributed by atoms with van der Waals surface area (Å²) in [7, 11) is 3.66. The van der Waals surface area contributed by atoms with Crippen LogP contribution in [-0.4, -0.2) is 74.0 Å². The van der Waals surface area contributed by atoms with E-state index in [0.29, 0.717) is 6.54 Å². The van der Waals surface area contributed by atoms with Gasteiger partial charge in [0.15, 0.2) is 0 Å². The normalized spacial score (nSPS) is 16.7. The summed E-state index contributed by atoms with van der Waals surface area (Å²) in [6, 6.07) is 15.2. The van der Waals surface area contributed by atoms with Crippen LogP contribution in [0.2, 0.25) is 0 Å². The highest BCUT2D eigenvalue weighted by Crippen LogP contribution is 2.19. The second-order valence-electron chi connectivity index (χ2n) is 7.15. The molecule has 0 saturated carbocycles. The van der Waals surface area contributed by atoms with Crippen molar-refractivity contribution >= 4 is 16.7 Å². The van der Waals surface area contributed by atoms with Crippen LogP contribution in [0, 0.1) is 0 Å². The molecule has 2 aromatic rings. The molecule has 0 radical (unpaired) electrons. The molecule has 0 bridgehead atoms. The zero-order valence-electron chi connectivity index (χ0n) is 15.4. The summed E-state index contributed by atoms with van der Waals surface area (Å²) in [6.45, 7) is 5.80. The van der Waals surface area contributed by atoms with Crippen LogP contribution in [0.5, 0.6) is 0 Å². The van der Waals surface area contributed by atoms with E-state index in [9.17, 15) is 4.79 Å². The maximum absolute atomic E-state index is 11.9. The van der Waals surface area contributed by atoms with E-state index in [-0.39, 0.29) is 5.91 Å². The van der Waals surface area contributed by atoms with Gasteiger partial charge in [0.25, 0.3) is 0 Å². The molecule has 1 aliphatic heterocycles. The molecule has 1 heterocycles. The van der Waals surface area contributed by atoms with Crippen LogP contribution in [0.25, 0.3) is 10.8 Å². The topological polar surface area (TPSA) is 26.8 Å². The Morgan fingerprint density at radius 1 is 0.960 bits per heavy atom. The summed E-state index contributed by atoms with van der Waals surface area (Å²) in [6.07, 6.45) is 2.22. The molecule has 0 atom stereocenters. The Balaban J connectivity index is 1.54. The number of carbonyl (C=O) groups is 1. The van der Waals surface area contributed by atoms with Crippen LogP contribution in [0.3, 0.4) is 0 Å². The second-order valence-corrected chi connectivity index (χ2v) is 7.15. The van der Waals surface area contributed by atoms with Gasteiger partial charge in [-0.2, -0.15) is 0 Å². The van der Waals surface area contributed by atoms with Gasteiger partial charge in [-0.1, -0.05) is 42.5 Å². The maximum Gasteiger partial charge on any atom is 0.236 e. The minimum absolute atomic E-state index is 0.198. The van der Waals surface area contributed by atoms with Crippen LogP contribution >= 0.6 is 0 Å². The maximum atomic E-state index is 11.9. The van der Waals surface area contributed by atoms with E-state index in [1.807, 2.05) is 14.1 Å². The molecule has 0 aromatic heterocycles. The van der Waals surface area contributed by atoms with Gasteiger partial charge in [-0.15, -0.1) is 0 Å². The van der Waals surface area contributed by atoms with Crippen LogP contribution in [-0.2, 0) is 11.2 Å². The van der Waals surface area contributed by atoms with Crippen LogP contribution in [0.1, 0.15) is 12.0 Å². The lowest BCUT2D eigenvalue weighted by molar-refractivity contribution is -0.129. The number of rotatable bonds is 5. The van der Waals surface area contributed by atoms with Gasteiger partial charge in [0.2, 0.25) is 5.91 Å². The Morgan fingerprint density at radius 3 is 2.52 bits per heavy atom. The number of hydrogen-bond acceptors (Lipinski definition) is 3. The van der Waals surface area contributed by atoms with E-state index in [1.165, 1.54) is 16.3 Å². The van der Waals surface area contributed by atoms with E-state index in [4.69, 9.17) is 0 Å². The molecular weight excluding hydrogens is 310 g/mol. The third-order valence-corrected chi connectivity index (χ3v) is 5.12. The summed E-state index contributed by atoms with van der Waals surface area (Å²) in [5.74, 6) is 0.198. The first-order chi connectivity index (χ1) is 12.1. The Bertz CT molecular complexity index is 708. The molecule has 0 spiro atoms. The molecule has 1 saturated heterocycles.